The molecule has 0 aromatic carbocycles. The highest BCUT2D eigenvalue weighted by molar-refractivity contribution is 5.80. The van der Waals surface area contributed by atoms with E-state index in [4.69, 9.17) is 14.2 Å². The Labute approximate surface area is 277 Å². The maximum Gasteiger partial charge on any atom is 0.311 e. The minimum atomic E-state index is -1.51. The number of fused-ring (bicyclic) bond motifs is 7. The molecular formula is C36H56O11. The van der Waals surface area contributed by atoms with Gasteiger partial charge in [-0.3, -0.25) is 9.59 Å². The highest BCUT2D eigenvalue weighted by atomic mass is 16.7. The lowest BCUT2D eigenvalue weighted by atomic mass is 9.33. The van der Waals surface area contributed by atoms with Crippen molar-refractivity contribution in [2.24, 2.45) is 50.2 Å². The number of esters is 1. The van der Waals surface area contributed by atoms with Crippen LogP contribution in [0, 0.1) is 50.2 Å². The fourth-order valence-electron chi connectivity index (χ4n) is 12.3. The number of hydrogen-bond acceptors (Lipinski definition) is 10. The van der Waals surface area contributed by atoms with E-state index < -0.39 is 64.4 Å². The molecule has 5 aliphatic carbocycles. The van der Waals surface area contributed by atoms with E-state index in [9.17, 15) is 40.2 Å². The Hall–Kier alpha value is -1.60. The van der Waals surface area contributed by atoms with Gasteiger partial charge in [0.25, 0.3) is 0 Å². The van der Waals surface area contributed by atoms with Crippen molar-refractivity contribution in [2.75, 3.05) is 20.3 Å². The number of carboxylic acid groups (broad SMARTS) is 1. The van der Waals surface area contributed by atoms with Crippen LogP contribution in [-0.4, -0.2) is 99.7 Å². The molecule has 0 amide bonds. The zero-order valence-corrected chi connectivity index (χ0v) is 28.8. The first-order valence-electron chi connectivity index (χ1n) is 17.5. The molecule has 4 saturated carbocycles. The van der Waals surface area contributed by atoms with Gasteiger partial charge in [-0.2, -0.15) is 0 Å². The second kappa shape index (κ2) is 11.5. The summed E-state index contributed by atoms with van der Waals surface area (Å²) in [5.41, 5.74) is -2.39. The third-order valence-electron chi connectivity index (χ3n) is 15.3. The van der Waals surface area contributed by atoms with Gasteiger partial charge in [0.15, 0.2) is 6.29 Å². The van der Waals surface area contributed by atoms with Gasteiger partial charge in [-0.05, 0) is 98.7 Å². The van der Waals surface area contributed by atoms with Crippen LogP contribution >= 0.6 is 0 Å². The van der Waals surface area contributed by atoms with Gasteiger partial charge in [-0.15, -0.1) is 0 Å². The summed E-state index contributed by atoms with van der Waals surface area (Å²) in [5, 5.41) is 64.3. The fourth-order valence-corrected chi connectivity index (χ4v) is 12.3. The van der Waals surface area contributed by atoms with Crippen molar-refractivity contribution in [2.45, 2.75) is 129 Å². The predicted molar refractivity (Wildman–Crippen MR) is 168 cm³/mol. The Kier molecular flexibility index (Phi) is 8.60. The summed E-state index contributed by atoms with van der Waals surface area (Å²) in [7, 11) is 1.40. The molecule has 11 nitrogen and oxygen atoms in total. The molecule has 6 rings (SSSR count). The van der Waals surface area contributed by atoms with Gasteiger partial charge in [0.05, 0.1) is 43.4 Å². The molecule has 0 aromatic rings. The Morgan fingerprint density at radius 2 is 1.60 bits per heavy atom. The van der Waals surface area contributed by atoms with Gasteiger partial charge in [-0.1, -0.05) is 39.3 Å². The van der Waals surface area contributed by atoms with Crippen molar-refractivity contribution < 1.29 is 54.4 Å². The van der Waals surface area contributed by atoms with Crippen LogP contribution in [0.3, 0.4) is 0 Å². The third kappa shape index (κ3) is 4.69. The SMILES string of the molecule is COC(=O)[C@]1(C)CC[C@]2(C(=O)O)CC[C@]3(C)C(=CC[C@H]4[C@@]5(C)C[C@H](O)[C@H](O[C@H]6OC[C@@H](O)[C@@H](O)[C@H]6O)[C@@](C)(CO)[C@@H]5CC[C@@]43C)[C@@H]2C1. The van der Waals surface area contributed by atoms with E-state index in [1.807, 2.05) is 13.8 Å². The van der Waals surface area contributed by atoms with Crippen molar-refractivity contribution in [3.63, 3.8) is 0 Å². The quantitative estimate of drug-likeness (QED) is 0.144. The lowest BCUT2D eigenvalue weighted by Gasteiger charge is -2.71. The minimum Gasteiger partial charge on any atom is -0.481 e. The van der Waals surface area contributed by atoms with Gasteiger partial charge >= 0.3 is 11.9 Å². The molecule has 15 atom stereocenters. The number of carbonyl (C=O) groups is 2. The van der Waals surface area contributed by atoms with E-state index in [2.05, 4.69) is 26.8 Å². The standard InChI is InChI=1S/C36H56O11/c1-31(30(44)45-6)11-13-36(29(42)43)14-12-34(4)19(20(36)15-31)7-8-24-32(2)16-21(38)27(47-28-26(41)25(40)22(39)17-46-28)33(3,18-37)23(32)9-10-35(24,34)5/h7,20-28,37-41H,8-18H2,1-6H3,(H,42,43)/t20-,21-,22+,23+,24-,25+,26+,27-,28+,31+,32-,33-,34+,35-,36-/m0/s1. The molecule has 0 spiro atoms. The van der Waals surface area contributed by atoms with E-state index in [1.165, 1.54) is 7.11 Å². The number of aliphatic carboxylic acids is 1. The first-order valence-corrected chi connectivity index (χ1v) is 17.5. The maximum atomic E-state index is 13.1. The molecule has 5 fully saturated rings. The topological polar surface area (TPSA) is 183 Å². The second-order valence-corrected chi connectivity index (χ2v) is 17.3. The van der Waals surface area contributed by atoms with Gasteiger partial charge < -0.3 is 44.8 Å². The normalized spacial score (nSPS) is 54.2. The van der Waals surface area contributed by atoms with Crippen LogP contribution < -0.4 is 0 Å². The number of aliphatic hydroxyl groups excluding tert-OH is 5. The van der Waals surface area contributed by atoms with Crippen LogP contribution in [0.25, 0.3) is 0 Å². The molecule has 0 aromatic heterocycles. The maximum absolute atomic E-state index is 13.1. The summed E-state index contributed by atoms with van der Waals surface area (Å²) in [6.45, 7) is 10.2. The van der Waals surface area contributed by atoms with Gasteiger partial charge in [0.1, 0.15) is 18.3 Å². The van der Waals surface area contributed by atoms with Crippen molar-refractivity contribution in [3.8, 4) is 0 Å². The third-order valence-corrected chi connectivity index (χ3v) is 15.3. The van der Waals surface area contributed by atoms with Crippen LogP contribution in [0.1, 0.15) is 92.4 Å². The average molecular weight is 665 g/mol. The van der Waals surface area contributed by atoms with Crippen molar-refractivity contribution in [1.82, 2.24) is 0 Å². The number of rotatable bonds is 5. The number of aliphatic hydroxyl groups is 5. The van der Waals surface area contributed by atoms with Crippen LogP contribution in [-0.2, 0) is 23.8 Å². The molecule has 6 aliphatic rings. The number of carbonyl (C=O) groups excluding carboxylic acids is 1. The summed E-state index contributed by atoms with van der Waals surface area (Å²) in [4.78, 5) is 26.1. The fraction of sp³-hybridized carbons (Fsp3) is 0.889. The Morgan fingerprint density at radius 1 is 0.915 bits per heavy atom. The van der Waals surface area contributed by atoms with Crippen molar-refractivity contribution >= 4 is 11.9 Å². The molecule has 1 saturated heterocycles. The highest BCUT2D eigenvalue weighted by Gasteiger charge is 2.71. The largest absolute Gasteiger partial charge is 0.481 e. The minimum absolute atomic E-state index is 0.0553. The van der Waals surface area contributed by atoms with E-state index in [1.54, 1.807) is 0 Å². The van der Waals surface area contributed by atoms with Gasteiger partial charge in [-0.25, -0.2) is 0 Å². The number of methoxy groups -OCH3 is 1. The van der Waals surface area contributed by atoms with Crippen LogP contribution in [0.15, 0.2) is 11.6 Å². The summed E-state index contributed by atoms with van der Waals surface area (Å²) in [6.07, 6.45) is 0.204. The number of hydrogen-bond donors (Lipinski definition) is 6. The zero-order valence-electron chi connectivity index (χ0n) is 28.8. The number of ether oxygens (including phenoxy) is 3. The number of carboxylic acids is 1. The van der Waals surface area contributed by atoms with Gasteiger partial charge in [0.2, 0.25) is 0 Å². The van der Waals surface area contributed by atoms with Gasteiger partial charge in [0, 0.05) is 5.41 Å². The first-order chi connectivity index (χ1) is 21.9. The smallest absolute Gasteiger partial charge is 0.311 e. The second-order valence-electron chi connectivity index (χ2n) is 17.3. The molecule has 11 heteroatoms. The van der Waals surface area contributed by atoms with E-state index in [0.29, 0.717) is 38.5 Å². The average Bonchev–Trinajstić information content (AvgIpc) is 3.02. The zero-order chi connectivity index (χ0) is 34.5. The van der Waals surface area contributed by atoms with Crippen molar-refractivity contribution in [3.05, 3.63) is 11.6 Å². The van der Waals surface area contributed by atoms with E-state index >= 15 is 0 Å². The number of allylic oxidation sites excluding steroid dienone is 2. The summed E-state index contributed by atoms with van der Waals surface area (Å²) < 4.78 is 17.0. The highest BCUT2D eigenvalue weighted by Crippen LogP contribution is 2.76. The Morgan fingerprint density at radius 3 is 2.23 bits per heavy atom. The summed E-state index contributed by atoms with van der Waals surface area (Å²) >= 11 is 0. The molecule has 6 N–H and O–H groups in total. The lowest BCUT2D eigenvalue weighted by Crippen LogP contribution is -2.69. The molecular weight excluding hydrogens is 608 g/mol. The monoisotopic (exact) mass is 664 g/mol. The molecule has 0 unspecified atom stereocenters. The Bertz CT molecular complexity index is 1300. The van der Waals surface area contributed by atoms with E-state index in [0.717, 1.165) is 24.8 Å². The van der Waals surface area contributed by atoms with E-state index in [-0.39, 0.29) is 47.8 Å². The molecule has 0 radical (unpaired) electrons. The molecule has 0 bridgehead atoms. The predicted octanol–water partition coefficient (Wildman–Crippen LogP) is 2.79. The van der Waals surface area contributed by atoms with Crippen LogP contribution in [0.4, 0.5) is 0 Å². The van der Waals surface area contributed by atoms with Crippen LogP contribution in [0.5, 0.6) is 0 Å². The molecule has 1 aliphatic heterocycles. The molecule has 1 heterocycles. The van der Waals surface area contributed by atoms with Crippen LogP contribution in [0.2, 0.25) is 0 Å². The Balaban J connectivity index is 1.35. The summed E-state index contributed by atoms with van der Waals surface area (Å²) in [6, 6.07) is 0. The van der Waals surface area contributed by atoms with Crippen molar-refractivity contribution in [1.29, 1.82) is 0 Å². The lowest BCUT2D eigenvalue weighted by molar-refractivity contribution is -0.328. The summed E-state index contributed by atoms with van der Waals surface area (Å²) in [5.74, 6) is -1.29. The molecule has 47 heavy (non-hydrogen) atoms. The first kappa shape index (κ1) is 35.2. The molecule has 266 valence electrons.